The van der Waals surface area contributed by atoms with Gasteiger partial charge in [-0.2, -0.15) is 13.1 Å². The van der Waals surface area contributed by atoms with Crippen LogP contribution in [0.5, 0.6) is 0 Å². The van der Waals surface area contributed by atoms with Crippen LogP contribution in [0.15, 0.2) is 64.6 Å². The van der Waals surface area contributed by atoms with Gasteiger partial charge in [0.05, 0.1) is 33.6 Å². The summed E-state index contributed by atoms with van der Waals surface area (Å²) >= 11 is 25.3. The van der Waals surface area contributed by atoms with E-state index in [9.17, 15) is 13.2 Å². The molecule has 0 unspecified atom stereocenters. The summed E-state index contributed by atoms with van der Waals surface area (Å²) in [4.78, 5) is 24.9. The summed E-state index contributed by atoms with van der Waals surface area (Å²) in [5.41, 5.74) is 5.82. The molecule has 0 aromatic heterocycles. The highest BCUT2D eigenvalue weighted by Crippen LogP contribution is 2.37. The van der Waals surface area contributed by atoms with Crippen LogP contribution >= 0.6 is 46.4 Å². The number of hydrogen-bond acceptors (Lipinski definition) is 7. The van der Waals surface area contributed by atoms with Crippen molar-refractivity contribution < 1.29 is 17.4 Å². The number of nitrogens with zero attached hydrogens (tertiary/aromatic N) is 4. The maximum absolute atomic E-state index is 13.7. The van der Waals surface area contributed by atoms with Crippen molar-refractivity contribution in [3.8, 4) is 0 Å². The van der Waals surface area contributed by atoms with E-state index in [0.717, 1.165) is 23.4 Å². The molecule has 222 valence electrons. The summed E-state index contributed by atoms with van der Waals surface area (Å²) in [5.74, 6) is -0.410. The van der Waals surface area contributed by atoms with Crippen LogP contribution in [-0.4, -0.2) is 52.6 Å². The molecular formula is C27H26Cl4N6O4S. The number of carbonyl (C=O) groups is 1. The highest BCUT2D eigenvalue weighted by molar-refractivity contribution is 7.84. The molecule has 1 aliphatic rings. The largest absolute Gasteiger partial charge is 0.370 e. The first-order valence-corrected chi connectivity index (χ1v) is 15.4. The van der Waals surface area contributed by atoms with Crippen molar-refractivity contribution in [1.82, 2.24) is 10.1 Å². The molecule has 1 heterocycles. The summed E-state index contributed by atoms with van der Waals surface area (Å²) in [5, 5.41) is 2.17. The fourth-order valence-corrected chi connectivity index (χ4v) is 5.64. The molecule has 1 aliphatic heterocycles. The van der Waals surface area contributed by atoms with Crippen molar-refractivity contribution in [3.63, 3.8) is 0 Å². The standard InChI is InChI=1S/C27H26Cl4N6O4S/c1-4-36(12-11-32-42(39,40)41-3)19-8-6-18(7-9-19)33-24-26(34-23-13-16(2)5-10-20(23)29)35-37(27(24)38)25-21(30)14-17(28)15-22(25)31/h5-10,13-15,32H,4,11-12H2,1-3H3,(H,34,35). The topological polar surface area (TPSA) is 116 Å². The molecule has 0 spiro atoms. The first-order valence-electron chi connectivity index (χ1n) is 12.5. The summed E-state index contributed by atoms with van der Waals surface area (Å²) < 4.78 is 29.9. The molecule has 0 saturated carbocycles. The molecule has 42 heavy (non-hydrogen) atoms. The minimum Gasteiger partial charge on any atom is -0.370 e. The third kappa shape index (κ3) is 7.54. The van der Waals surface area contributed by atoms with E-state index < -0.39 is 16.2 Å². The first kappa shape index (κ1) is 32.0. The Morgan fingerprint density at radius 3 is 2.26 bits per heavy atom. The van der Waals surface area contributed by atoms with Gasteiger partial charge in [-0.25, -0.2) is 15.0 Å². The van der Waals surface area contributed by atoms with Crippen LogP contribution in [0.1, 0.15) is 12.5 Å². The van der Waals surface area contributed by atoms with Crippen molar-refractivity contribution in [2.75, 3.05) is 36.7 Å². The fourth-order valence-electron chi connectivity index (χ4n) is 4.03. The monoisotopic (exact) mass is 670 g/mol. The van der Waals surface area contributed by atoms with Gasteiger partial charge in [-0.05, 0) is 67.9 Å². The van der Waals surface area contributed by atoms with Crippen LogP contribution in [0.2, 0.25) is 20.1 Å². The Morgan fingerprint density at radius 2 is 1.64 bits per heavy atom. The van der Waals surface area contributed by atoms with Gasteiger partial charge >= 0.3 is 10.3 Å². The Bertz CT molecular complexity index is 1640. The van der Waals surface area contributed by atoms with E-state index >= 15 is 0 Å². The second-order valence-corrected chi connectivity index (χ2v) is 12.1. The Labute approximate surface area is 264 Å². The molecule has 1 saturated heterocycles. The maximum Gasteiger partial charge on any atom is 0.335 e. The highest BCUT2D eigenvalue weighted by Gasteiger charge is 2.37. The zero-order valence-electron chi connectivity index (χ0n) is 22.7. The molecule has 1 amide bonds. The molecule has 0 aliphatic carbocycles. The van der Waals surface area contributed by atoms with E-state index in [4.69, 9.17) is 46.4 Å². The molecule has 4 rings (SSSR count). The normalized spacial score (nSPS) is 15.5. The predicted octanol–water partition coefficient (Wildman–Crippen LogP) is 6.27. The number of hydrazine groups is 1. The summed E-state index contributed by atoms with van der Waals surface area (Å²) in [6.07, 6.45) is 0. The molecule has 0 atom stereocenters. The SMILES string of the molecule is CCN(CCNS(=O)(=O)OC)c1ccc(N=C2C(=O)N(c3c(Cl)cc(Cl)cc3Cl)NC2=Nc2cc(C)ccc2Cl)cc1. The smallest absolute Gasteiger partial charge is 0.335 e. The van der Waals surface area contributed by atoms with Crippen LogP contribution in [-0.2, 0) is 19.3 Å². The summed E-state index contributed by atoms with van der Waals surface area (Å²) in [6.45, 7) is 5.02. The number of hydrogen-bond donors (Lipinski definition) is 2. The number of anilines is 2. The number of likely N-dealkylation sites (N-methyl/N-ethyl adjacent to an activating group) is 1. The van der Waals surface area contributed by atoms with Crippen molar-refractivity contribution in [3.05, 3.63) is 80.3 Å². The second-order valence-electron chi connectivity index (χ2n) is 8.96. The van der Waals surface area contributed by atoms with Crippen molar-refractivity contribution in [2.45, 2.75) is 13.8 Å². The molecular weight excluding hydrogens is 646 g/mol. The van der Waals surface area contributed by atoms with E-state index in [1.807, 2.05) is 36.9 Å². The number of benzene rings is 3. The minimum atomic E-state index is -3.78. The first-order chi connectivity index (χ1) is 19.9. The summed E-state index contributed by atoms with van der Waals surface area (Å²) in [6, 6.07) is 15.4. The third-order valence-corrected chi connectivity index (χ3v) is 8.21. The molecule has 0 bridgehead atoms. The van der Waals surface area contributed by atoms with Crippen LogP contribution < -0.4 is 20.1 Å². The van der Waals surface area contributed by atoms with Crippen LogP contribution in [0.25, 0.3) is 0 Å². The van der Waals surface area contributed by atoms with Crippen molar-refractivity contribution >= 4 is 96.9 Å². The number of amidine groups is 1. The molecule has 10 nitrogen and oxygen atoms in total. The van der Waals surface area contributed by atoms with Gasteiger partial charge in [0.2, 0.25) is 0 Å². The van der Waals surface area contributed by atoms with Gasteiger partial charge in [0, 0.05) is 30.3 Å². The van der Waals surface area contributed by atoms with Crippen molar-refractivity contribution in [1.29, 1.82) is 0 Å². The van der Waals surface area contributed by atoms with E-state index in [0.29, 0.717) is 34.5 Å². The average molecular weight is 672 g/mol. The van der Waals surface area contributed by atoms with Gasteiger partial charge in [0.25, 0.3) is 5.91 Å². The number of rotatable bonds is 10. The Morgan fingerprint density at radius 1 is 0.976 bits per heavy atom. The molecule has 0 radical (unpaired) electrons. The number of nitrogens with one attached hydrogen (secondary N) is 2. The fraction of sp³-hybridized carbons (Fsp3) is 0.222. The van der Waals surface area contributed by atoms with Crippen molar-refractivity contribution in [2.24, 2.45) is 9.98 Å². The molecule has 3 aromatic rings. The predicted molar refractivity (Wildman–Crippen MR) is 171 cm³/mol. The lowest BCUT2D eigenvalue weighted by Crippen LogP contribution is -2.36. The Kier molecular flexibility index (Phi) is 10.4. The number of aryl methyl sites for hydroxylation is 1. The number of amides is 1. The van der Waals surface area contributed by atoms with E-state index in [1.165, 1.54) is 12.1 Å². The average Bonchev–Trinajstić information content (AvgIpc) is 3.22. The molecule has 15 heteroatoms. The number of carbonyl (C=O) groups excluding carboxylic acids is 1. The molecule has 3 aromatic carbocycles. The van der Waals surface area contributed by atoms with E-state index in [2.05, 4.69) is 24.3 Å². The Hall–Kier alpha value is -2.90. The molecule has 2 N–H and O–H groups in total. The number of halogens is 4. The lowest BCUT2D eigenvalue weighted by atomic mass is 10.2. The maximum atomic E-state index is 13.7. The second kappa shape index (κ2) is 13.6. The third-order valence-electron chi connectivity index (χ3n) is 6.10. The highest BCUT2D eigenvalue weighted by atomic mass is 35.5. The van der Waals surface area contributed by atoms with Crippen LogP contribution in [0, 0.1) is 6.92 Å². The Balaban J connectivity index is 1.69. The minimum absolute atomic E-state index is 0.00345. The molecule has 1 fully saturated rings. The zero-order valence-corrected chi connectivity index (χ0v) is 26.5. The quantitative estimate of drug-likeness (QED) is 0.263. The van der Waals surface area contributed by atoms with Gasteiger partial charge in [-0.1, -0.05) is 52.5 Å². The van der Waals surface area contributed by atoms with Gasteiger partial charge in [-0.15, -0.1) is 0 Å². The van der Waals surface area contributed by atoms with Gasteiger partial charge < -0.3 is 4.90 Å². The van der Waals surface area contributed by atoms with E-state index in [1.54, 1.807) is 24.3 Å². The zero-order chi connectivity index (χ0) is 30.6. The van der Waals surface area contributed by atoms with Gasteiger partial charge in [-0.3, -0.25) is 14.4 Å². The van der Waals surface area contributed by atoms with Crippen LogP contribution in [0.3, 0.4) is 0 Å². The lowest BCUT2D eigenvalue weighted by molar-refractivity contribution is -0.112. The number of aliphatic imine (C=N–C) groups is 2. The van der Waals surface area contributed by atoms with Crippen LogP contribution in [0.4, 0.5) is 22.7 Å². The summed E-state index contributed by atoms with van der Waals surface area (Å²) in [7, 11) is -2.68. The van der Waals surface area contributed by atoms with E-state index in [-0.39, 0.29) is 33.8 Å². The van der Waals surface area contributed by atoms with Gasteiger partial charge in [0.1, 0.15) is 5.69 Å². The van der Waals surface area contributed by atoms with Gasteiger partial charge in [0.15, 0.2) is 11.5 Å². The lowest BCUT2D eigenvalue weighted by Gasteiger charge is -2.23.